The first-order chi connectivity index (χ1) is 7.76. The number of aliphatic hydroxyl groups excluding tert-OH is 1. The van der Waals surface area contributed by atoms with E-state index in [1.807, 2.05) is 0 Å². The van der Waals surface area contributed by atoms with Gasteiger partial charge in [0.15, 0.2) is 0 Å². The molecule has 1 aromatic rings. The summed E-state index contributed by atoms with van der Waals surface area (Å²) in [4.78, 5) is -0.691. The van der Waals surface area contributed by atoms with Crippen LogP contribution in [0.1, 0.15) is 11.1 Å². The molecule has 0 fully saturated rings. The molecule has 0 spiro atoms. The zero-order chi connectivity index (χ0) is 12.8. The number of hydrogen-bond donors (Lipinski definition) is 1. The van der Waals surface area contributed by atoms with Crippen LogP contribution in [-0.4, -0.2) is 20.1 Å². The highest BCUT2D eigenvalue weighted by atomic mass is 32.2. The van der Waals surface area contributed by atoms with Crippen LogP contribution in [0.4, 0.5) is 13.2 Å². The van der Waals surface area contributed by atoms with Crippen molar-refractivity contribution in [3.8, 4) is 0 Å². The van der Waals surface area contributed by atoms with E-state index in [4.69, 9.17) is 5.11 Å². The summed E-state index contributed by atoms with van der Waals surface area (Å²) in [5.41, 5.74) is -0.852. The Labute approximate surface area is 95.1 Å². The van der Waals surface area contributed by atoms with Gasteiger partial charge < -0.3 is 5.11 Å². The zero-order valence-electron chi connectivity index (χ0n) is 8.32. The van der Waals surface area contributed by atoms with Crippen LogP contribution in [0.15, 0.2) is 28.0 Å². The zero-order valence-corrected chi connectivity index (χ0v) is 9.14. The van der Waals surface area contributed by atoms with Gasteiger partial charge in [0, 0.05) is 0 Å². The average molecular weight is 264 g/mol. The maximum Gasteiger partial charge on any atom is 0.416 e. The molecule has 92 valence electrons. The van der Waals surface area contributed by atoms with E-state index in [-0.39, 0.29) is 10.5 Å². The fourth-order valence-corrected chi connectivity index (χ4v) is 3.04. The van der Waals surface area contributed by atoms with E-state index in [0.717, 1.165) is 12.1 Å². The Morgan fingerprint density at radius 1 is 1.24 bits per heavy atom. The molecule has 0 aromatic heterocycles. The second-order valence-electron chi connectivity index (χ2n) is 3.52. The van der Waals surface area contributed by atoms with Crippen molar-refractivity contribution in [3.05, 3.63) is 34.2 Å². The fraction of sp³-hybridized carbons (Fsp3) is 0.200. The van der Waals surface area contributed by atoms with Crippen molar-refractivity contribution in [2.45, 2.75) is 11.1 Å². The van der Waals surface area contributed by atoms with Gasteiger partial charge in [-0.1, -0.05) is 6.07 Å². The fourth-order valence-electron chi connectivity index (χ4n) is 1.59. The monoisotopic (exact) mass is 264 g/mol. The van der Waals surface area contributed by atoms with Crippen LogP contribution in [0.3, 0.4) is 0 Å². The minimum absolute atomic E-state index is 0.169. The molecular weight excluding hydrogens is 257 g/mol. The van der Waals surface area contributed by atoms with Gasteiger partial charge in [-0.25, -0.2) is 8.42 Å². The number of fused-ring (bicyclic) bond motifs is 1. The highest BCUT2D eigenvalue weighted by Gasteiger charge is 2.35. The Bertz CT molecular complexity index is 600. The standard InChI is InChI=1S/C10H7F3O3S/c11-10(12,13)7-2-1-6-3-8(5-14)17(15,16)9(6)4-7/h1-4,14H,5H2. The molecule has 7 heteroatoms. The second-order valence-corrected chi connectivity index (χ2v) is 5.49. The lowest BCUT2D eigenvalue weighted by molar-refractivity contribution is -0.137. The number of hydrogen-bond acceptors (Lipinski definition) is 3. The molecular formula is C10H7F3O3S. The number of sulfone groups is 1. The van der Waals surface area contributed by atoms with Gasteiger partial charge in [-0.05, 0) is 23.8 Å². The van der Waals surface area contributed by atoms with Crippen molar-refractivity contribution in [1.29, 1.82) is 0 Å². The minimum atomic E-state index is -4.59. The number of benzene rings is 1. The van der Waals surface area contributed by atoms with Gasteiger partial charge in [-0.3, -0.25) is 0 Å². The van der Waals surface area contributed by atoms with Crippen molar-refractivity contribution in [2.75, 3.05) is 6.61 Å². The van der Waals surface area contributed by atoms with Crippen molar-refractivity contribution in [2.24, 2.45) is 0 Å². The van der Waals surface area contributed by atoms with Gasteiger partial charge in [0.05, 0.1) is 22.0 Å². The van der Waals surface area contributed by atoms with E-state index in [0.29, 0.717) is 6.07 Å². The van der Waals surface area contributed by atoms with E-state index in [2.05, 4.69) is 0 Å². The third-order valence-corrected chi connectivity index (χ3v) is 4.32. The Morgan fingerprint density at radius 2 is 1.88 bits per heavy atom. The van der Waals surface area contributed by atoms with Gasteiger partial charge >= 0.3 is 6.18 Å². The van der Waals surface area contributed by atoms with Crippen molar-refractivity contribution in [3.63, 3.8) is 0 Å². The first kappa shape index (κ1) is 12.1. The summed E-state index contributed by atoms with van der Waals surface area (Å²) >= 11 is 0. The van der Waals surface area contributed by atoms with Crippen LogP contribution < -0.4 is 0 Å². The van der Waals surface area contributed by atoms with Gasteiger partial charge in [0.25, 0.3) is 0 Å². The molecule has 0 saturated carbocycles. The number of aliphatic hydroxyl groups is 1. The molecule has 1 aliphatic rings. The third-order valence-electron chi connectivity index (χ3n) is 2.45. The van der Waals surface area contributed by atoms with E-state index >= 15 is 0 Å². The summed E-state index contributed by atoms with van der Waals surface area (Å²) in [6.07, 6.45) is -3.42. The minimum Gasteiger partial charge on any atom is -0.391 e. The summed E-state index contributed by atoms with van der Waals surface area (Å²) in [5.74, 6) is 0. The summed E-state index contributed by atoms with van der Waals surface area (Å²) in [7, 11) is -3.97. The number of halogens is 3. The predicted octanol–water partition coefficient (Wildman–Crippen LogP) is 1.83. The highest BCUT2D eigenvalue weighted by Crippen LogP contribution is 2.37. The lowest BCUT2D eigenvalue weighted by Crippen LogP contribution is -2.08. The molecule has 2 rings (SSSR count). The van der Waals surface area contributed by atoms with Crippen molar-refractivity contribution >= 4 is 15.9 Å². The molecule has 0 radical (unpaired) electrons. The first-order valence-corrected chi connectivity index (χ1v) is 6.03. The average Bonchev–Trinajstić information content (AvgIpc) is 2.48. The Kier molecular flexibility index (Phi) is 2.55. The summed E-state index contributed by atoms with van der Waals surface area (Å²) in [5, 5.41) is 8.83. The molecule has 0 saturated heterocycles. The maximum atomic E-state index is 12.4. The molecule has 0 aliphatic carbocycles. The largest absolute Gasteiger partial charge is 0.416 e. The van der Waals surface area contributed by atoms with E-state index < -0.39 is 33.1 Å². The van der Waals surface area contributed by atoms with Gasteiger partial charge in [0.2, 0.25) is 9.84 Å². The van der Waals surface area contributed by atoms with Crippen molar-refractivity contribution < 1.29 is 26.7 Å². The first-order valence-electron chi connectivity index (χ1n) is 4.54. The summed E-state index contributed by atoms with van der Waals surface area (Å²) < 4.78 is 60.7. The normalized spacial score (nSPS) is 17.8. The van der Waals surface area contributed by atoms with Crippen LogP contribution in [0.25, 0.3) is 6.08 Å². The molecule has 0 amide bonds. The van der Waals surface area contributed by atoms with Crippen molar-refractivity contribution in [1.82, 2.24) is 0 Å². The number of rotatable bonds is 1. The third kappa shape index (κ3) is 1.85. The quantitative estimate of drug-likeness (QED) is 0.841. The van der Waals surface area contributed by atoms with Crippen LogP contribution in [0.5, 0.6) is 0 Å². The Morgan fingerprint density at radius 3 is 2.41 bits per heavy atom. The van der Waals surface area contributed by atoms with Crippen LogP contribution >= 0.6 is 0 Å². The predicted molar refractivity (Wildman–Crippen MR) is 53.7 cm³/mol. The van der Waals surface area contributed by atoms with E-state index in [9.17, 15) is 21.6 Å². The number of alkyl halides is 3. The van der Waals surface area contributed by atoms with E-state index in [1.165, 1.54) is 6.08 Å². The van der Waals surface area contributed by atoms with E-state index in [1.54, 1.807) is 0 Å². The van der Waals surface area contributed by atoms with Gasteiger partial charge in [-0.15, -0.1) is 0 Å². The van der Waals surface area contributed by atoms with Gasteiger partial charge in [-0.2, -0.15) is 13.2 Å². The Balaban J connectivity index is 2.62. The molecule has 1 aromatic carbocycles. The smallest absolute Gasteiger partial charge is 0.391 e. The topological polar surface area (TPSA) is 54.4 Å². The molecule has 17 heavy (non-hydrogen) atoms. The highest BCUT2D eigenvalue weighted by molar-refractivity contribution is 7.95. The molecule has 1 aliphatic heterocycles. The van der Waals surface area contributed by atoms with Crippen LogP contribution in [-0.2, 0) is 16.0 Å². The molecule has 3 nitrogen and oxygen atoms in total. The Hall–Kier alpha value is -1.34. The van der Waals surface area contributed by atoms with Gasteiger partial charge in [0.1, 0.15) is 0 Å². The molecule has 0 bridgehead atoms. The lowest BCUT2D eigenvalue weighted by atomic mass is 10.1. The molecule has 0 unspecified atom stereocenters. The second kappa shape index (κ2) is 3.58. The molecule has 1 heterocycles. The maximum absolute atomic E-state index is 12.4. The van der Waals surface area contributed by atoms with Crippen LogP contribution in [0, 0.1) is 0 Å². The van der Waals surface area contributed by atoms with Crippen LogP contribution in [0.2, 0.25) is 0 Å². The lowest BCUT2D eigenvalue weighted by Gasteiger charge is -2.08. The summed E-state index contributed by atoms with van der Waals surface area (Å²) in [6, 6.07) is 2.48. The molecule has 0 atom stereocenters. The SMILES string of the molecule is O=S1(=O)C(CO)=Cc2ccc(C(F)(F)F)cc21. The summed E-state index contributed by atoms with van der Waals surface area (Å²) in [6.45, 7) is -0.724. The molecule has 1 N–H and O–H groups in total.